The molecule has 2 heterocycles. The van der Waals surface area contributed by atoms with Crippen LogP contribution >= 0.6 is 0 Å². The lowest BCUT2D eigenvalue weighted by atomic mass is 9.85. The van der Waals surface area contributed by atoms with E-state index in [-0.39, 0.29) is 23.5 Å². The van der Waals surface area contributed by atoms with E-state index in [9.17, 15) is 9.59 Å². The predicted molar refractivity (Wildman–Crippen MR) is 80.3 cm³/mol. The molecule has 2 saturated heterocycles. The number of piperazine rings is 1. The van der Waals surface area contributed by atoms with Crippen LogP contribution in [0, 0.1) is 5.41 Å². The quantitative estimate of drug-likeness (QED) is 0.746. The average molecular weight is 297 g/mol. The normalized spacial score (nSPS) is 27.1. The molecule has 0 radical (unpaired) electrons. The minimum Gasteiger partial charge on any atom is -0.465 e. The van der Waals surface area contributed by atoms with Gasteiger partial charge in [-0.25, -0.2) is 9.59 Å². The van der Waals surface area contributed by atoms with Gasteiger partial charge < -0.3 is 19.8 Å². The molecule has 21 heavy (non-hydrogen) atoms. The van der Waals surface area contributed by atoms with E-state index in [1.54, 1.807) is 0 Å². The van der Waals surface area contributed by atoms with Crippen LogP contribution in [-0.2, 0) is 0 Å². The molecule has 0 bridgehead atoms. The lowest BCUT2D eigenvalue weighted by Gasteiger charge is -2.43. The molecule has 0 aliphatic carbocycles. The Morgan fingerprint density at radius 1 is 1.10 bits per heavy atom. The average Bonchev–Trinajstić information content (AvgIpc) is 2.86. The van der Waals surface area contributed by atoms with Crippen molar-refractivity contribution in [1.82, 2.24) is 14.7 Å². The third-order valence-electron chi connectivity index (χ3n) is 4.64. The van der Waals surface area contributed by atoms with E-state index < -0.39 is 6.09 Å². The fourth-order valence-corrected chi connectivity index (χ4v) is 3.48. The number of rotatable bonds is 0. The van der Waals surface area contributed by atoms with E-state index in [1.807, 2.05) is 16.7 Å². The summed E-state index contributed by atoms with van der Waals surface area (Å²) in [7, 11) is 0. The standard InChI is InChI=1S/C15H27N3O3/c1-11-10-16(14(20)21)8-9-17(11)13(19)18-7-5-6-12(18)15(2,3)4/h11-12H,5-10H2,1-4H3,(H,20,21). The van der Waals surface area contributed by atoms with Crippen LogP contribution in [0.2, 0.25) is 0 Å². The second kappa shape index (κ2) is 5.73. The van der Waals surface area contributed by atoms with Crippen molar-refractivity contribution in [3.63, 3.8) is 0 Å². The largest absolute Gasteiger partial charge is 0.465 e. The molecule has 0 aromatic carbocycles. The van der Waals surface area contributed by atoms with Crippen molar-refractivity contribution in [2.45, 2.75) is 52.6 Å². The van der Waals surface area contributed by atoms with Crippen LogP contribution in [0.1, 0.15) is 40.5 Å². The Balaban J connectivity index is 2.05. The second-order valence-electron chi connectivity index (χ2n) is 7.27. The Kier molecular flexibility index (Phi) is 4.35. The van der Waals surface area contributed by atoms with Crippen LogP contribution in [0.25, 0.3) is 0 Å². The molecule has 2 aliphatic rings. The predicted octanol–water partition coefficient (Wildman–Crippen LogP) is 2.30. The first kappa shape index (κ1) is 15.9. The van der Waals surface area contributed by atoms with Gasteiger partial charge in [-0.15, -0.1) is 0 Å². The van der Waals surface area contributed by atoms with Gasteiger partial charge in [0.05, 0.1) is 0 Å². The number of hydrogen-bond donors (Lipinski definition) is 1. The first-order valence-electron chi connectivity index (χ1n) is 7.77. The maximum Gasteiger partial charge on any atom is 0.407 e. The smallest absolute Gasteiger partial charge is 0.407 e. The molecule has 120 valence electrons. The number of likely N-dealkylation sites (tertiary alicyclic amines) is 1. The number of nitrogens with zero attached hydrogens (tertiary/aromatic N) is 3. The molecule has 3 amide bonds. The van der Waals surface area contributed by atoms with Crippen molar-refractivity contribution >= 4 is 12.1 Å². The highest BCUT2D eigenvalue weighted by atomic mass is 16.4. The number of carbonyl (C=O) groups is 2. The Morgan fingerprint density at radius 3 is 2.29 bits per heavy atom. The van der Waals surface area contributed by atoms with E-state index in [2.05, 4.69) is 20.8 Å². The van der Waals surface area contributed by atoms with Gasteiger partial charge in [-0.3, -0.25) is 0 Å². The highest BCUT2D eigenvalue weighted by molar-refractivity contribution is 5.76. The van der Waals surface area contributed by atoms with Gasteiger partial charge in [-0.05, 0) is 25.2 Å². The van der Waals surface area contributed by atoms with Crippen LogP contribution < -0.4 is 0 Å². The molecule has 2 fully saturated rings. The summed E-state index contributed by atoms with van der Waals surface area (Å²) in [5.74, 6) is 0. The molecule has 0 aromatic rings. The second-order valence-corrected chi connectivity index (χ2v) is 7.27. The molecule has 1 N–H and O–H groups in total. The van der Waals surface area contributed by atoms with E-state index >= 15 is 0 Å². The van der Waals surface area contributed by atoms with Crippen LogP contribution in [-0.4, -0.2) is 70.2 Å². The summed E-state index contributed by atoms with van der Waals surface area (Å²) in [4.78, 5) is 29.1. The molecule has 0 saturated carbocycles. The fourth-order valence-electron chi connectivity index (χ4n) is 3.48. The molecular formula is C15H27N3O3. The maximum absolute atomic E-state index is 12.8. The minimum absolute atomic E-state index is 0.0661. The van der Waals surface area contributed by atoms with Gasteiger partial charge >= 0.3 is 12.1 Å². The number of carbonyl (C=O) groups excluding carboxylic acids is 1. The topological polar surface area (TPSA) is 64.1 Å². The van der Waals surface area contributed by atoms with Crippen molar-refractivity contribution in [3.05, 3.63) is 0 Å². The summed E-state index contributed by atoms with van der Waals surface area (Å²) in [6, 6.07) is 0.281. The maximum atomic E-state index is 12.8. The van der Waals surface area contributed by atoms with Crippen LogP contribution in [0.3, 0.4) is 0 Å². The van der Waals surface area contributed by atoms with E-state index in [4.69, 9.17) is 5.11 Å². The molecular weight excluding hydrogens is 270 g/mol. The zero-order chi connectivity index (χ0) is 15.8. The summed E-state index contributed by atoms with van der Waals surface area (Å²) in [5.41, 5.74) is 0.0816. The summed E-state index contributed by atoms with van der Waals surface area (Å²) in [6.07, 6.45) is 1.21. The molecule has 0 aromatic heterocycles. The number of carboxylic acid groups (broad SMARTS) is 1. The van der Waals surface area contributed by atoms with Crippen molar-refractivity contribution in [2.24, 2.45) is 5.41 Å². The van der Waals surface area contributed by atoms with Gasteiger partial charge in [0.1, 0.15) is 0 Å². The van der Waals surface area contributed by atoms with Crippen molar-refractivity contribution < 1.29 is 14.7 Å². The molecule has 0 spiro atoms. The zero-order valence-electron chi connectivity index (χ0n) is 13.5. The summed E-state index contributed by atoms with van der Waals surface area (Å²) >= 11 is 0. The summed E-state index contributed by atoms with van der Waals surface area (Å²) in [5, 5.41) is 9.05. The van der Waals surface area contributed by atoms with E-state index in [0.717, 1.165) is 19.4 Å². The lowest BCUT2D eigenvalue weighted by molar-refractivity contribution is 0.0631. The van der Waals surface area contributed by atoms with Gasteiger partial charge in [0.25, 0.3) is 0 Å². The third kappa shape index (κ3) is 3.24. The SMILES string of the molecule is CC1CN(C(=O)O)CCN1C(=O)N1CCCC1C(C)(C)C. The molecule has 2 rings (SSSR count). The Bertz CT molecular complexity index is 419. The Labute approximate surface area is 126 Å². The van der Waals surface area contributed by atoms with Crippen LogP contribution in [0.4, 0.5) is 9.59 Å². The number of urea groups is 1. The third-order valence-corrected chi connectivity index (χ3v) is 4.64. The van der Waals surface area contributed by atoms with Gasteiger partial charge in [-0.2, -0.15) is 0 Å². The van der Waals surface area contributed by atoms with Crippen LogP contribution in [0.15, 0.2) is 0 Å². The molecule has 2 unspecified atom stereocenters. The van der Waals surface area contributed by atoms with E-state index in [1.165, 1.54) is 4.90 Å². The molecule has 2 atom stereocenters. The highest BCUT2D eigenvalue weighted by Gasteiger charge is 2.40. The molecule has 2 aliphatic heterocycles. The molecule has 6 nitrogen and oxygen atoms in total. The number of amides is 3. The van der Waals surface area contributed by atoms with Crippen molar-refractivity contribution in [3.8, 4) is 0 Å². The number of hydrogen-bond acceptors (Lipinski definition) is 2. The van der Waals surface area contributed by atoms with Crippen LogP contribution in [0.5, 0.6) is 0 Å². The first-order valence-corrected chi connectivity index (χ1v) is 7.77. The highest BCUT2D eigenvalue weighted by Crippen LogP contribution is 2.33. The zero-order valence-corrected chi connectivity index (χ0v) is 13.5. The first-order chi connectivity index (χ1) is 9.71. The Morgan fingerprint density at radius 2 is 1.76 bits per heavy atom. The fraction of sp³-hybridized carbons (Fsp3) is 0.867. The Hall–Kier alpha value is -1.46. The van der Waals surface area contributed by atoms with Crippen molar-refractivity contribution in [1.29, 1.82) is 0 Å². The van der Waals surface area contributed by atoms with Crippen molar-refractivity contribution in [2.75, 3.05) is 26.2 Å². The minimum atomic E-state index is -0.900. The molecule has 6 heteroatoms. The van der Waals surface area contributed by atoms with Gasteiger partial charge in [0.15, 0.2) is 0 Å². The summed E-state index contributed by atoms with van der Waals surface area (Å²) < 4.78 is 0. The van der Waals surface area contributed by atoms with Gasteiger partial charge in [0.2, 0.25) is 0 Å². The van der Waals surface area contributed by atoms with Gasteiger partial charge in [0, 0.05) is 38.3 Å². The van der Waals surface area contributed by atoms with E-state index in [0.29, 0.717) is 19.6 Å². The summed E-state index contributed by atoms with van der Waals surface area (Å²) in [6.45, 7) is 10.6. The lowest BCUT2D eigenvalue weighted by Crippen LogP contribution is -2.59. The monoisotopic (exact) mass is 297 g/mol. The van der Waals surface area contributed by atoms with Gasteiger partial charge in [-0.1, -0.05) is 20.8 Å².